The zero-order valence-corrected chi connectivity index (χ0v) is 15.1. The van der Waals surface area contributed by atoms with Gasteiger partial charge in [-0.3, -0.25) is 10.1 Å². The predicted molar refractivity (Wildman–Crippen MR) is 103 cm³/mol. The molecule has 1 unspecified atom stereocenters. The second-order valence-corrected chi connectivity index (χ2v) is 6.92. The monoisotopic (exact) mass is 361 g/mol. The Bertz CT molecular complexity index is 875. The molecule has 4 rings (SSSR count). The van der Waals surface area contributed by atoms with Crippen LogP contribution in [0, 0.1) is 0 Å². The van der Waals surface area contributed by atoms with E-state index in [2.05, 4.69) is 38.9 Å². The molecule has 138 valence electrons. The molecule has 27 heavy (non-hydrogen) atoms. The second kappa shape index (κ2) is 8.14. The smallest absolute Gasteiger partial charge is 0.241 e. The van der Waals surface area contributed by atoms with Crippen molar-refractivity contribution in [2.75, 3.05) is 0 Å². The summed E-state index contributed by atoms with van der Waals surface area (Å²) in [7, 11) is 0. The fraction of sp³-hybridized carbons (Fsp3) is 0.286. The molecule has 1 aromatic heterocycles. The summed E-state index contributed by atoms with van der Waals surface area (Å²) in [5.41, 5.74) is 3.26. The summed E-state index contributed by atoms with van der Waals surface area (Å²) < 4.78 is 1.79. The van der Waals surface area contributed by atoms with Gasteiger partial charge in [0, 0.05) is 12.6 Å². The topological polar surface area (TPSA) is 71.8 Å². The van der Waals surface area contributed by atoms with Gasteiger partial charge in [-0.25, -0.2) is 9.67 Å². The highest BCUT2D eigenvalue weighted by Gasteiger charge is 2.28. The Labute approximate surface area is 158 Å². The fourth-order valence-corrected chi connectivity index (χ4v) is 3.08. The van der Waals surface area contributed by atoms with Gasteiger partial charge in [-0.15, -0.1) is 0 Å². The molecule has 0 radical (unpaired) electrons. The van der Waals surface area contributed by atoms with Crippen LogP contribution in [-0.4, -0.2) is 26.7 Å². The minimum Gasteiger partial charge on any atom is -0.352 e. The molecular weight excluding hydrogens is 338 g/mol. The van der Waals surface area contributed by atoms with Gasteiger partial charge in [0.15, 0.2) is 0 Å². The molecule has 6 heteroatoms. The summed E-state index contributed by atoms with van der Waals surface area (Å²) in [5, 5.41) is 10.7. The molecule has 1 aliphatic rings. The van der Waals surface area contributed by atoms with Crippen LogP contribution < -0.4 is 10.6 Å². The maximum absolute atomic E-state index is 12.7. The Balaban J connectivity index is 1.44. The highest BCUT2D eigenvalue weighted by atomic mass is 16.2. The lowest BCUT2D eigenvalue weighted by atomic mass is 10.0. The molecule has 1 saturated carbocycles. The van der Waals surface area contributed by atoms with E-state index in [4.69, 9.17) is 0 Å². The maximum atomic E-state index is 12.7. The Morgan fingerprint density at radius 3 is 2.67 bits per heavy atom. The van der Waals surface area contributed by atoms with Crippen LogP contribution in [0.1, 0.15) is 35.6 Å². The van der Waals surface area contributed by atoms with Crippen molar-refractivity contribution in [1.29, 1.82) is 0 Å². The number of amides is 1. The number of hydrogen-bond donors (Lipinski definition) is 2. The van der Waals surface area contributed by atoms with Gasteiger partial charge in [0.1, 0.15) is 18.7 Å². The van der Waals surface area contributed by atoms with Gasteiger partial charge in [-0.2, -0.15) is 5.10 Å². The summed E-state index contributed by atoms with van der Waals surface area (Å²) in [6.07, 6.45) is 5.40. The number of nitrogens with one attached hydrogen (secondary N) is 2. The molecular formula is C21H23N5O. The van der Waals surface area contributed by atoms with E-state index in [0.29, 0.717) is 19.1 Å². The minimum atomic E-state index is -0.356. The van der Waals surface area contributed by atoms with Gasteiger partial charge >= 0.3 is 0 Å². The van der Waals surface area contributed by atoms with E-state index in [1.54, 1.807) is 11.0 Å². The molecule has 1 amide bonds. The van der Waals surface area contributed by atoms with Crippen molar-refractivity contribution in [2.45, 2.75) is 38.0 Å². The van der Waals surface area contributed by atoms with Crippen molar-refractivity contribution in [3.8, 4) is 0 Å². The predicted octanol–water partition coefficient (Wildman–Crippen LogP) is 2.44. The third-order valence-electron chi connectivity index (χ3n) is 4.63. The number of benzene rings is 2. The standard InChI is InChI=1S/C21H23N5O/c27-21(25-19-9-10-19)20(18-7-2-1-3-8-18)23-12-16-5-4-6-17(11-16)13-26-15-22-14-24-26/h1-8,11,14-15,19-20,23H,9-10,12-13H2,(H,25,27). The molecule has 0 aliphatic heterocycles. The maximum Gasteiger partial charge on any atom is 0.241 e. The molecule has 1 aliphatic carbocycles. The van der Waals surface area contributed by atoms with E-state index in [1.165, 1.54) is 6.33 Å². The molecule has 1 heterocycles. The van der Waals surface area contributed by atoms with Crippen molar-refractivity contribution in [3.63, 3.8) is 0 Å². The molecule has 0 spiro atoms. The normalized spacial score (nSPS) is 14.7. The lowest BCUT2D eigenvalue weighted by Gasteiger charge is -2.19. The van der Waals surface area contributed by atoms with Gasteiger partial charge in [-0.1, -0.05) is 54.6 Å². The average Bonchev–Trinajstić information content (AvgIpc) is 3.35. The number of carbonyl (C=O) groups is 1. The first-order valence-corrected chi connectivity index (χ1v) is 9.27. The van der Waals surface area contributed by atoms with Crippen LogP contribution in [0.4, 0.5) is 0 Å². The summed E-state index contributed by atoms with van der Waals surface area (Å²) in [5.74, 6) is 0.0440. The lowest BCUT2D eigenvalue weighted by Crippen LogP contribution is -2.38. The Morgan fingerprint density at radius 1 is 1.11 bits per heavy atom. The van der Waals surface area contributed by atoms with Crippen LogP contribution in [-0.2, 0) is 17.9 Å². The molecule has 2 aromatic carbocycles. The number of rotatable bonds is 8. The Kier molecular flexibility index (Phi) is 5.25. The highest BCUT2D eigenvalue weighted by molar-refractivity contribution is 5.83. The molecule has 6 nitrogen and oxygen atoms in total. The summed E-state index contributed by atoms with van der Waals surface area (Å²) in [6.45, 7) is 1.29. The molecule has 0 bridgehead atoms. The summed E-state index contributed by atoms with van der Waals surface area (Å²) in [6, 6.07) is 18.2. The van der Waals surface area contributed by atoms with Gasteiger partial charge < -0.3 is 5.32 Å². The van der Waals surface area contributed by atoms with E-state index >= 15 is 0 Å². The fourth-order valence-electron chi connectivity index (χ4n) is 3.08. The van der Waals surface area contributed by atoms with Crippen molar-refractivity contribution in [2.24, 2.45) is 0 Å². The van der Waals surface area contributed by atoms with Crippen molar-refractivity contribution in [3.05, 3.63) is 83.9 Å². The van der Waals surface area contributed by atoms with E-state index < -0.39 is 0 Å². The van der Waals surface area contributed by atoms with Crippen molar-refractivity contribution >= 4 is 5.91 Å². The third kappa shape index (κ3) is 4.80. The van der Waals surface area contributed by atoms with Gasteiger partial charge in [0.25, 0.3) is 0 Å². The van der Waals surface area contributed by atoms with E-state index in [0.717, 1.165) is 29.5 Å². The first-order valence-electron chi connectivity index (χ1n) is 9.27. The zero-order chi connectivity index (χ0) is 18.5. The van der Waals surface area contributed by atoms with Crippen molar-refractivity contribution in [1.82, 2.24) is 25.4 Å². The Morgan fingerprint density at radius 2 is 1.93 bits per heavy atom. The third-order valence-corrected chi connectivity index (χ3v) is 4.63. The molecule has 1 fully saturated rings. The largest absolute Gasteiger partial charge is 0.352 e. The first kappa shape index (κ1) is 17.4. The van der Waals surface area contributed by atoms with Crippen LogP contribution in [0.3, 0.4) is 0 Å². The molecule has 2 N–H and O–H groups in total. The summed E-state index contributed by atoms with van der Waals surface area (Å²) in [4.78, 5) is 16.7. The van der Waals surface area contributed by atoms with Crippen molar-refractivity contribution < 1.29 is 4.79 Å². The van der Waals surface area contributed by atoms with Crippen LogP contribution >= 0.6 is 0 Å². The van der Waals surface area contributed by atoms with Crippen LogP contribution in [0.15, 0.2) is 67.3 Å². The number of nitrogens with zero attached hydrogens (tertiary/aromatic N) is 3. The average molecular weight is 361 g/mol. The molecule has 1 atom stereocenters. The van der Waals surface area contributed by atoms with Crippen LogP contribution in [0.25, 0.3) is 0 Å². The van der Waals surface area contributed by atoms with Gasteiger partial charge in [-0.05, 0) is 29.5 Å². The number of carbonyl (C=O) groups excluding carboxylic acids is 1. The highest BCUT2D eigenvalue weighted by Crippen LogP contribution is 2.21. The van der Waals surface area contributed by atoms with E-state index in [-0.39, 0.29) is 11.9 Å². The zero-order valence-electron chi connectivity index (χ0n) is 15.1. The van der Waals surface area contributed by atoms with Crippen LogP contribution in [0.5, 0.6) is 0 Å². The second-order valence-electron chi connectivity index (χ2n) is 6.92. The quantitative estimate of drug-likeness (QED) is 0.646. The summed E-state index contributed by atoms with van der Waals surface area (Å²) >= 11 is 0. The van der Waals surface area contributed by atoms with E-state index in [1.807, 2.05) is 36.4 Å². The number of hydrogen-bond acceptors (Lipinski definition) is 4. The molecule has 0 saturated heterocycles. The SMILES string of the molecule is O=C(NC1CC1)C(NCc1cccc(Cn2cncn2)c1)c1ccccc1. The van der Waals surface area contributed by atoms with Crippen LogP contribution in [0.2, 0.25) is 0 Å². The molecule has 3 aromatic rings. The lowest BCUT2D eigenvalue weighted by molar-refractivity contribution is -0.123. The number of aromatic nitrogens is 3. The minimum absolute atomic E-state index is 0.0440. The van der Waals surface area contributed by atoms with Gasteiger partial charge in [0.2, 0.25) is 5.91 Å². The Hall–Kier alpha value is -2.99. The van der Waals surface area contributed by atoms with E-state index in [9.17, 15) is 4.79 Å². The first-order chi connectivity index (χ1) is 13.3. The van der Waals surface area contributed by atoms with Gasteiger partial charge in [0.05, 0.1) is 6.54 Å².